The van der Waals surface area contributed by atoms with E-state index in [1.807, 2.05) is 31.2 Å². The summed E-state index contributed by atoms with van der Waals surface area (Å²) in [6.45, 7) is 2.23. The molecule has 1 aliphatic heterocycles. The van der Waals surface area contributed by atoms with Crippen molar-refractivity contribution < 1.29 is 19.4 Å². The Kier molecular flexibility index (Phi) is 5.14. The van der Waals surface area contributed by atoms with Crippen LogP contribution < -0.4 is 5.32 Å². The molecule has 1 aliphatic carbocycles. The number of hydrogen-bond donors (Lipinski definition) is 2. The highest BCUT2D eigenvalue weighted by molar-refractivity contribution is 5.79. The summed E-state index contributed by atoms with van der Waals surface area (Å²) in [5.74, 6) is 0.0555. The monoisotopic (exact) mass is 367 g/mol. The van der Waals surface area contributed by atoms with Gasteiger partial charge in [-0.15, -0.1) is 0 Å². The Hall–Kier alpha value is -2.37. The highest BCUT2D eigenvalue weighted by Gasteiger charge is 2.31. The van der Waals surface area contributed by atoms with Crippen LogP contribution in [0.1, 0.15) is 36.8 Å². The van der Waals surface area contributed by atoms with Gasteiger partial charge in [0, 0.05) is 5.92 Å². The van der Waals surface area contributed by atoms with Crippen LogP contribution >= 0.6 is 0 Å². The molecule has 142 valence electrons. The molecule has 0 spiro atoms. The number of alkyl carbamates (subject to hydrolysis) is 1. The van der Waals surface area contributed by atoms with Crippen molar-refractivity contribution in [3.05, 3.63) is 59.7 Å². The predicted octanol–water partition coefficient (Wildman–Crippen LogP) is 3.45. The lowest BCUT2D eigenvalue weighted by atomic mass is 9.98. The van der Waals surface area contributed by atoms with Gasteiger partial charge < -0.3 is 19.9 Å². The first-order valence-electron chi connectivity index (χ1n) is 9.55. The fourth-order valence-corrected chi connectivity index (χ4v) is 4.15. The van der Waals surface area contributed by atoms with Gasteiger partial charge in [-0.1, -0.05) is 48.5 Å². The third-order valence-electron chi connectivity index (χ3n) is 5.59. The zero-order valence-electron chi connectivity index (χ0n) is 15.4. The summed E-state index contributed by atoms with van der Waals surface area (Å²) in [6.07, 6.45) is 1.01. The van der Waals surface area contributed by atoms with E-state index < -0.39 is 6.09 Å². The molecule has 3 atom stereocenters. The molecule has 27 heavy (non-hydrogen) atoms. The molecule has 2 aromatic rings. The quantitative estimate of drug-likeness (QED) is 0.849. The fraction of sp³-hybridized carbons (Fsp3) is 0.409. The van der Waals surface area contributed by atoms with Crippen molar-refractivity contribution in [2.45, 2.75) is 43.9 Å². The summed E-state index contributed by atoms with van der Waals surface area (Å²) in [7, 11) is 0. The average molecular weight is 367 g/mol. The molecule has 2 aliphatic rings. The van der Waals surface area contributed by atoms with Gasteiger partial charge in [-0.3, -0.25) is 0 Å². The van der Waals surface area contributed by atoms with E-state index >= 15 is 0 Å². The zero-order chi connectivity index (χ0) is 18.8. The number of fused-ring (bicyclic) bond motifs is 3. The molecule has 1 amide bonds. The highest BCUT2D eigenvalue weighted by atomic mass is 16.6. The molecular weight excluding hydrogens is 342 g/mol. The van der Waals surface area contributed by atoms with Crippen LogP contribution in [0.5, 0.6) is 0 Å². The molecule has 2 N–H and O–H groups in total. The van der Waals surface area contributed by atoms with Crippen molar-refractivity contribution in [2.75, 3.05) is 13.2 Å². The van der Waals surface area contributed by atoms with Crippen molar-refractivity contribution in [1.29, 1.82) is 0 Å². The molecule has 4 rings (SSSR count). The summed E-state index contributed by atoms with van der Waals surface area (Å²) in [5.41, 5.74) is 4.82. The molecular formula is C22H25NO4. The van der Waals surface area contributed by atoms with Gasteiger partial charge in [0.05, 0.1) is 24.9 Å². The zero-order valence-corrected chi connectivity index (χ0v) is 15.4. The van der Waals surface area contributed by atoms with Gasteiger partial charge in [0.2, 0.25) is 0 Å². The molecule has 1 heterocycles. The summed E-state index contributed by atoms with van der Waals surface area (Å²) in [4.78, 5) is 12.3. The van der Waals surface area contributed by atoms with E-state index in [4.69, 9.17) is 9.47 Å². The number of rotatable bonds is 5. The number of ether oxygens (including phenoxy) is 2. The lowest BCUT2D eigenvalue weighted by molar-refractivity contribution is -0.00198. The number of aliphatic hydroxyl groups excluding tert-OH is 1. The minimum atomic E-state index is -0.430. The lowest BCUT2D eigenvalue weighted by Crippen LogP contribution is -2.42. The van der Waals surface area contributed by atoms with Gasteiger partial charge in [0.15, 0.2) is 0 Å². The van der Waals surface area contributed by atoms with Crippen molar-refractivity contribution in [3.8, 4) is 11.1 Å². The molecule has 0 aromatic heterocycles. The van der Waals surface area contributed by atoms with E-state index in [2.05, 4.69) is 29.6 Å². The Balaban J connectivity index is 1.38. The second-order valence-electron chi connectivity index (χ2n) is 7.32. The summed E-state index contributed by atoms with van der Waals surface area (Å²) in [5, 5.41) is 12.0. The van der Waals surface area contributed by atoms with E-state index in [0.29, 0.717) is 6.61 Å². The van der Waals surface area contributed by atoms with E-state index in [1.165, 1.54) is 22.3 Å². The van der Waals surface area contributed by atoms with E-state index in [-0.39, 0.29) is 30.8 Å². The number of carbonyl (C=O) groups excluding carboxylic acids is 1. The van der Waals surface area contributed by atoms with Crippen LogP contribution in [0.2, 0.25) is 0 Å². The Morgan fingerprint density at radius 1 is 1.15 bits per heavy atom. The topological polar surface area (TPSA) is 67.8 Å². The summed E-state index contributed by atoms with van der Waals surface area (Å²) in [6, 6.07) is 16.4. The number of aliphatic hydroxyl groups is 1. The van der Waals surface area contributed by atoms with Crippen LogP contribution in [0.15, 0.2) is 48.5 Å². The normalized spacial score (nSPS) is 22.1. The van der Waals surface area contributed by atoms with Crippen molar-refractivity contribution in [1.82, 2.24) is 5.32 Å². The third-order valence-corrected chi connectivity index (χ3v) is 5.59. The number of nitrogens with one attached hydrogen (secondary N) is 1. The van der Waals surface area contributed by atoms with Gasteiger partial charge in [-0.25, -0.2) is 4.79 Å². The number of hydrogen-bond acceptors (Lipinski definition) is 4. The maximum Gasteiger partial charge on any atom is 0.407 e. The van der Waals surface area contributed by atoms with Crippen LogP contribution in [0.25, 0.3) is 11.1 Å². The van der Waals surface area contributed by atoms with Crippen molar-refractivity contribution in [3.63, 3.8) is 0 Å². The van der Waals surface area contributed by atoms with Crippen molar-refractivity contribution >= 4 is 6.09 Å². The molecule has 2 aromatic carbocycles. The second kappa shape index (κ2) is 7.71. The number of carbonyl (C=O) groups is 1. The maximum atomic E-state index is 12.3. The van der Waals surface area contributed by atoms with E-state index in [9.17, 15) is 9.90 Å². The van der Waals surface area contributed by atoms with Crippen LogP contribution in [0, 0.1) is 0 Å². The molecule has 5 heteroatoms. The maximum absolute atomic E-state index is 12.3. The minimum Gasteiger partial charge on any atom is -0.449 e. The smallest absolute Gasteiger partial charge is 0.407 e. The Bertz CT molecular complexity index is 776. The van der Waals surface area contributed by atoms with Crippen LogP contribution in [-0.2, 0) is 9.47 Å². The molecule has 0 radical (unpaired) electrons. The van der Waals surface area contributed by atoms with Crippen LogP contribution in [0.3, 0.4) is 0 Å². The fourth-order valence-electron chi connectivity index (χ4n) is 4.15. The molecule has 1 fully saturated rings. The SMILES string of the molecule is C[C@H](NC(=O)OCC1c2ccccc2-c2ccccc21)[C@@H]1CC[C@H](CO)O1. The third kappa shape index (κ3) is 3.57. The Labute approximate surface area is 159 Å². The van der Waals surface area contributed by atoms with Crippen LogP contribution in [0.4, 0.5) is 4.79 Å². The lowest BCUT2D eigenvalue weighted by Gasteiger charge is -2.21. The second-order valence-corrected chi connectivity index (χ2v) is 7.32. The summed E-state index contributed by atoms with van der Waals surface area (Å²) < 4.78 is 11.3. The molecule has 0 bridgehead atoms. The number of amides is 1. The first-order chi connectivity index (χ1) is 13.2. The van der Waals surface area contributed by atoms with Crippen molar-refractivity contribution in [2.24, 2.45) is 0 Å². The first-order valence-corrected chi connectivity index (χ1v) is 9.55. The minimum absolute atomic E-state index is 0.0220. The van der Waals surface area contributed by atoms with Crippen LogP contribution in [-0.4, -0.2) is 42.7 Å². The highest BCUT2D eigenvalue weighted by Crippen LogP contribution is 2.44. The average Bonchev–Trinajstić information content (AvgIpc) is 3.29. The van der Waals surface area contributed by atoms with Gasteiger partial charge >= 0.3 is 6.09 Å². The van der Waals surface area contributed by atoms with Gasteiger partial charge in [-0.2, -0.15) is 0 Å². The molecule has 5 nitrogen and oxygen atoms in total. The van der Waals surface area contributed by atoms with Gasteiger partial charge in [-0.05, 0) is 42.0 Å². The summed E-state index contributed by atoms with van der Waals surface area (Å²) >= 11 is 0. The van der Waals surface area contributed by atoms with E-state index in [1.54, 1.807) is 0 Å². The largest absolute Gasteiger partial charge is 0.449 e. The predicted molar refractivity (Wildman–Crippen MR) is 103 cm³/mol. The number of benzene rings is 2. The molecule has 1 saturated heterocycles. The standard InChI is InChI=1S/C22H25NO4/c1-14(21-11-10-15(12-24)27-21)23-22(25)26-13-20-18-8-4-2-6-16(18)17-7-3-5-9-19(17)20/h2-9,14-15,20-21,24H,10-13H2,1H3,(H,23,25)/t14-,15+,21-/m0/s1. The van der Waals surface area contributed by atoms with Gasteiger partial charge in [0.25, 0.3) is 0 Å². The Morgan fingerprint density at radius 2 is 1.78 bits per heavy atom. The first kappa shape index (κ1) is 18.0. The Morgan fingerprint density at radius 3 is 2.37 bits per heavy atom. The van der Waals surface area contributed by atoms with E-state index in [0.717, 1.165) is 12.8 Å². The molecule has 0 saturated carbocycles. The van der Waals surface area contributed by atoms with Gasteiger partial charge in [0.1, 0.15) is 6.61 Å². The molecule has 0 unspecified atom stereocenters.